The number of benzene rings is 2. The summed E-state index contributed by atoms with van der Waals surface area (Å²) in [4.78, 5) is 37.7. The zero-order chi connectivity index (χ0) is 20.1. The van der Waals surface area contributed by atoms with Gasteiger partial charge in [-0.3, -0.25) is 9.59 Å². The normalized spacial score (nSPS) is 13.3. The molecule has 3 rings (SSSR count). The monoisotopic (exact) mass is 380 g/mol. The van der Waals surface area contributed by atoms with Crippen molar-refractivity contribution in [2.75, 3.05) is 18.6 Å². The summed E-state index contributed by atoms with van der Waals surface area (Å²) < 4.78 is 4.39. The first-order chi connectivity index (χ1) is 13.5. The highest BCUT2D eigenvalue weighted by molar-refractivity contribution is 6.32. The van der Waals surface area contributed by atoms with Gasteiger partial charge in [-0.05, 0) is 61.1 Å². The highest BCUT2D eigenvalue weighted by atomic mass is 16.5. The first kappa shape index (κ1) is 19.6. The van der Waals surface area contributed by atoms with Crippen LogP contribution in [0.2, 0.25) is 0 Å². The second-order valence-electron chi connectivity index (χ2n) is 6.86. The van der Waals surface area contributed by atoms with Crippen molar-refractivity contribution in [3.8, 4) is 0 Å². The summed E-state index contributed by atoms with van der Waals surface area (Å²) in [5, 5.41) is 2.51. The van der Waals surface area contributed by atoms with Crippen LogP contribution in [-0.2, 0) is 27.3 Å². The van der Waals surface area contributed by atoms with Crippen molar-refractivity contribution < 1.29 is 19.1 Å². The van der Waals surface area contributed by atoms with Crippen LogP contribution in [0, 0.1) is 6.92 Å². The molecule has 2 aromatic carbocycles. The molecule has 1 aliphatic rings. The number of para-hydroxylation sites is 1. The van der Waals surface area contributed by atoms with E-state index in [1.165, 1.54) is 5.56 Å². The number of hydrogen-bond donors (Lipinski definition) is 1. The van der Waals surface area contributed by atoms with Crippen molar-refractivity contribution in [3.63, 3.8) is 0 Å². The van der Waals surface area contributed by atoms with Gasteiger partial charge >= 0.3 is 11.9 Å². The summed E-state index contributed by atoms with van der Waals surface area (Å²) in [6, 6.07) is 13.5. The fourth-order valence-electron chi connectivity index (χ4n) is 3.43. The lowest BCUT2D eigenvalue weighted by atomic mass is 10.0. The van der Waals surface area contributed by atoms with Crippen molar-refractivity contribution >= 4 is 23.5 Å². The number of methoxy groups -OCH3 is 1. The number of nitrogens with one attached hydrogen (secondary N) is 1. The van der Waals surface area contributed by atoms with Crippen molar-refractivity contribution in [2.24, 2.45) is 0 Å². The number of fused-ring (bicyclic) bond motifs is 1. The number of anilines is 1. The predicted octanol–water partition coefficient (Wildman–Crippen LogP) is 2.77. The molecule has 1 N–H and O–H groups in total. The number of amides is 2. The number of carbonyl (C=O) groups is 3. The standard InChI is InChI=1S/C22H24N2O4/c1-15-13-17(10-11-18(15)14-23-20(25)22(27)28-2)21(26)24-12-6-5-8-16-7-3-4-9-19(16)24/h3-4,7,9-11,13H,5-6,8,12,14H2,1-2H3,(H,23,25). The van der Waals surface area contributed by atoms with E-state index in [9.17, 15) is 14.4 Å². The molecule has 0 aromatic heterocycles. The van der Waals surface area contributed by atoms with Gasteiger partial charge in [0, 0.05) is 24.3 Å². The van der Waals surface area contributed by atoms with Crippen LogP contribution in [0.25, 0.3) is 0 Å². The molecule has 0 fully saturated rings. The Morgan fingerprint density at radius 3 is 2.64 bits per heavy atom. The lowest BCUT2D eigenvalue weighted by Crippen LogP contribution is -2.32. The van der Waals surface area contributed by atoms with Crippen molar-refractivity contribution in [1.29, 1.82) is 0 Å². The molecular formula is C22H24N2O4. The topological polar surface area (TPSA) is 75.7 Å². The Labute approximate surface area is 164 Å². The molecule has 1 heterocycles. The minimum Gasteiger partial charge on any atom is -0.462 e. The van der Waals surface area contributed by atoms with Crippen LogP contribution < -0.4 is 10.2 Å². The van der Waals surface area contributed by atoms with Crippen LogP contribution in [0.15, 0.2) is 42.5 Å². The Kier molecular flexibility index (Phi) is 6.09. The maximum Gasteiger partial charge on any atom is 0.396 e. The van der Waals surface area contributed by atoms with Gasteiger partial charge in [0.05, 0.1) is 7.11 Å². The number of ether oxygens (including phenoxy) is 1. The summed E-state index contributed by atoms with van der Waals surface area (Å²) in [6.45, 7) is 2.78. The van der Waals surface area contributed by atoms with E-state index in [-0.39, 0.29) is 12.5 Å². The smallest absolute Gasteiger partial charge is 0.396 e. The molecule has 0 spiro atoms. The number of esters is 1. The van der Waals surface area contributed by atoms with Crippen LogP contribution in [0.3, 0.4) is 0 Å². The van der Waals surface area contributed by atoms with Gasteiger partial charge in [0.15, 0.2) is 0 Å². The largest absolute Gasteiger partial charge is 0.462 e. The van der Waals surface area contributed by atoms with Gasteiger partial charge in [-0.2, -0.15) is 0 Å². The van der Waals surface area contributed by atoms with E-state index in [0.29, 0.717) is 12.1 Å². The zero-order valence-electron chi connectivity index (χ0n) is 16.2. The summed E-state index contributed by atoms with van der Waals surface area (Å²) in [6.07, 6.45) is 3.02. The van der Waals surface area contributed by atoms with E-state index >= 15 is 0 Å². The van der Waals surface area contributed by atoms with Crippen LogP contribution in [0.5, 0.6) is 0 Å². The third-order valence-corrected chi connectivity index (χ3v) is 5.01. The Balaban J connectivity index is 1.77. The second-order valence-corrected chi connectivity index (χ2v) is 6.86. The van der Waals surface area contributed by atoms with Gasteiger partial charge in [-0.1, -0.05) is 24.3 Å². The predicted molar refractivity (Wildman–Crippen MR) is 106 cm³/mol. The first-order valence-electron chi connectivity index (χ1n) is 9.36. The maximum absolute atomic E-state index is 13.2. The van der Waals surface area contributed by atoms with Crippen LogP contribution >= 0.6 is 0 Å². The Morgan fingerprint density at radius 1 is 1.11 bits per heavy atom. The molecule has 6 nitrogen and oxygen atoms in total. The van der Waals surface area contributed by atoms with Crippen molar-refractivity contribution in [2.45, 2.75) is 32.7 Å². The second kappa shape index (κ2) is 8.69. The number of nitrogens with zero attached hydrogens (tertiary/aromatic N) is 1. The van der Waals surface area contributed by atoms with E-state index < -0.39 is 11.9 Å². The van der Waals surface area contributed by atoms with Crippen LogP contribution in [0.1, 0.15) is 39.9 Å². The highest BCUT2D eigenvalue weighted by Gasteiger charge is 2.22. The molecule has 0 radical (unpaired) electrons. The van der Waals surface area contributed by atoms with Gasteiger partial charge in [0.25, 0.3) is 5.91 Å². The lowest BCUT2D eigenvalue weighted by molar-refractivity contribution is -0.152. The molecule has 1 aliphatic heterocycles. The van der Waals surface area contributed by atoms with Crippen LogP contribution in [0.4, 0.5) is 5.69 Å². The highest BCUT2D eigenvalue weighted by Crippen LogP contribution is 2.27. The van der Waals surface area contributed by atoms with Crippen molar-refractivity contribution in [3.05, 3.63) is 64.7 Å². The molecule has 6 heteroatoms. The molecule has 0 atom stereocenters. The average Bonchev–Trinajstić information content (AvgIpc) is 2.94. The summed E-state index contributed by atoms with van der Waals surface area (Å²) in [5.74, 6) is -1.74. The summed E-state index contributed by atoms with van der Waals surface area (Å²) in [7, 11) is 1.16. The Morgan fingerprint density at radius 2 is 1.89 bits per heavy atom. The maximum atomic E-state index is 13.2. The van der Waals surface area contributed by atoms with E-state index in [0.717, 1.165) is 43.2 Å². The minimum absolute atomic E-state index is 0.0254. The Bertz CT molecular complexity index is 907. The van der Waals surface area contributed by atoms with E-state index in [1.54, 1.807) is 6.07 Å². The van der Waals surface area contributed by atoms with Gasteiger partial charge in [-0.25, -0.2) is 4.79 Å². The SMILES string of the molecule is COC(=O)C(=O)NCc1ccc(C(=O)N2CCCCc3ccccc32)cc1C. The summed E-state index contributed by atoms with van der Waals surface area (Å²) >= 11 is 0. The fraction of sp³-hybridized carbons (Fsp3) is 0.318. The number of hydrogen-bond acceptors (Lipinski definition) is 4. The molecule has 2 aromatic rings. The summed E-state index contributed by atoms with van der Waals surface area (Å²) in [5.41, 5.74) is 4.51. The molecule has 146 valence electrons. The number of rotatable bonds is 3. The molecule has 0 saturated heterocycles. The quantitative estimate of drug-likeness (QED) is 0.656. The minimum atomic E-state index is -0.927. The third kappa shape index (κ3) is 4.22. The molecular weight excluding hydrogens is 356 g/mol. The van der Waals surface area contributed by atoms with Gasteiger partial charge < -0.3 is 15.0 Å². The molecule has 0 saturated carbocycles. The lowest BCUT2D eigenvalue weighted by Gasteiger charge is -2.23. The van der Waals surface area contributed by atoms with Crippen LogP contribution in [-0.4, -0.2) is 31.4 Å². The van der Waals surface area contributed by atoms with Gasteiger partial charge in [0.2, 0.25) is 0 Å². The fourth-order valence-corrected chi connectivity index (χ4v) is 3.43. The van der Waals surface area contributed by atoms with E-state index in [4.69, 9.17) is 0 Å². The van der Waals surface area contributed by atoms with E-state index in [1.807, 2.05) is 42.2 Å². The molecule has 2 amide bonds. The van der Waals surface area contributed by atoms with Crippen molar-refractivity contribution in [1.82, 2.24) is 5.32 Å². The number of carbonyl (C=O) groups excluding carboxylic acids is 3. The first-order valence-corrected chi connectivity index (χ1v) is 9.36. The molecule has 0 unspecified atom stereocenters. The Hall–Kier alpha value is -3.15. The average molecular weight is 380 g/mol. The molecule has 28 heavy (non-hydrogen) atoms. The van der Waals surface area contributed by atoms with Gasteiger partial charge in [-0.15, -0.1) is 0 Å². The van der Waals surface area contributed by atoms with E-state index in [2.05, 4.69) is 16.1 Å². The van der Waals surface area contributed by atoms with Gasteiger partial charge in [0.1, 0.15) is 0 Å². The zero-order valence-corrected chi connectivity index (χ0v) is 16.2. The third-order valence-electron chi connectivity index (χ3n) is 5.01. The number of aryl methyl sites for hydroxylation is 2. The molecule has 0 aliphatic carbocycles. The molecule has 0 bridgehead atoms.